The first-order valence-electron chi connectivity index (χ1n) is 2.45. The smallest absolute Gasteiger partial charge is 0.355 e. The number of carboxylic acid groups (broad SMARTS) is 1. The van der Waals surface area contributed by atoms with Crippen molar-refractivity contribution in [3.8, 4) is 0 Å². The van der Waals surface area contributed by atoms with Crippen molar-refractivity contribution in [2.45, 2.75) is 0 Å². The van der Waals surface area contributed by atoms with Crippen molar-refractivity contribution in [2.75, 3.05) is 0 Å². The molecule has 1 N–H and O–H groups in total. The van der Waals surface area contributed by atoms with Gasteiger partial charge in [-0.05, 0) is 0 Å². The van der Waals surface area contributed by atoms with Crippen molar-refractivity contribution in [1.82, 2.24) is 4.37 Å². The number of aromatic nitrogens is 1. The van der Waals surface area contributed by atoms with E-state index in [0.717, 1.165) is 6.07 Å². The Labute approximate surface area is 64.4 Å². The second-order valence-electron chi connectivity index (χ2n) is 1.61. The summed E-state index contributed by atoms with van der Waals surface area (Å²) >= 11 is 0.556. The van der Waals surface area contributed by atoms with E-state index in [4.69, 9.17) is 5.11 Å². The predicted octanol–water partition coefficient (Wildman–Crippen LogP) is 0.750. The largest absolute Gasteiger partial charge is 0.476 e. The van der Waals surface area contributed by atoms with Gasteiger partial charge in [-0.3, -0.25) is 10.1 Å². The molecule has 6 nitrogen and oxygen atoms in total. The van der Waals surface area contributed by atoms with Crippen LogP contribution >= 0.6 is 11.5 Å². The molecule has 1 rings (SSSR count). The van der Waals surface area contributed by atoms with Crippen LogP contribution in [0.4, 0.5) is 5.00 Å². The van der Waals surface area contributed by atoms with Crippen molar-refractivity contribution in [1.29, 1.82) is 0 Å². The molecule has 0 atom stereocenters. The maximum atomic E-state index is 10.2. The van der Waals surface area contributed by atoms with Crippen molar-refractivity contribution in [3.63, 3.8) is 0 Å². The summed E-state index contributed by atoms with van der Waals surface area (Å²) in [6, 6.07) is 0.924. The van der Waals surface area contributed by atoms with Crippen LogP contribution in [0, 0.1) is 10.1 Å². The molecule has 1 aromatic heterocycles. The van der Waals surface area contributed by atoms with Gasteiger partial charge in [-0.15, -0.1) is 0 Å². The Bertz CT molecular complexity index is 278. The molecule has 0 bridgehead atoms. The summed E-state index contributed by atoms with van der Waals surface area (Å²) in [4.78, 5) is 19.5. The summed E-state index contributed by atoms with van der Waals surface area (Å²) < 4.78 is 3.34. The van der Waals surface area contributed by atoms with E-state index in [9.17, 15) is 14.9 Å². The minimum absolute atomic E-state index is 0.262. The SMILES string of the molecule is O=C(O)c1cc([N+](=O)[O-])sn1. The lowest BCUT2D eigenvalue weighted by Crippen LogP contribution is -1.94. The molecule has 0 fully saturated rings. The molecule has 0 aromatic carbocycles. The summed E-state index contributed by atoms with van der Waals surface area (Å²) in [6.45, 7) is 0. The van der Waals surface area contributed by atoms with Crippen LogP contribution < -0.4 is 0 Å². The number of nitrogens with zero attached hydrogens (tertiary/aromatic N) is 2. The second kappa shape index (κ2) is 2.62. The van der Waals surface area contributed by atoms with E-state index in [0.29, 0.717) is 11.5 Å². The normalized spacial score (nSPS) is 9.45. The molecule has 0 spiro atoms. The summed E-state index contributed by atoms with van der Waals surface area (Å²) in [5.74, 6) is -1.26. The molecule has 0 aliphatic carbocycles. The minimum Gasteiger partial charge on any atom is -0.476 e. The standard InChI is InChI=1S/C4H2N2O4S/c7-4(8)2-1-3(6(9)10)11-5-2/h1H,(H,7,8). The number of aromatic carboxylic acids is 1. The molecule has 0 aliphatic heterocycles. The van der Waals surface area contributed by atoms with Crippen LogP contribution in [0.25, 0.3) is 0 Å². The summed E-state index contributed by atoms with van der Waals surface area (Å²) in [5, 5.41) is 18.1. The van der Waals surface area contributed by atoms with Crippen molar-refractivity contribution in [3.05, 3.63) is 21.9 Å². The van der Waals surface area contributed by atoms with E-state index in [1.807, 2.05) is 0 Å². The van der Waals surface area contributed by atoms with Crippen LogP contribution in [-0.4, -0.2) is 20.4 Å². The molecule has 58 valence electrons. The third-order valence-corrected chi connectivity index (χ3v) is 1.64. The Balaban J connectivity index is 2.99. The highest BCUT2D eigenvalue weighted by Gasteiger charge is 2.15. The molecule has 0 radical (unpaired) electrons. The van der Waals surface area contributed by atoms with E-state index in [1.165, 1.54) is 0 Å². The zero-order chi connectivity index (χ0) is 8.43. The van der Waals surface area contributed by atoms with Gasteiger partial charge in [0.1, 0.15) is 0 Å². The van der Waals surface area contributed by atoms with E-state index >= 15 is 0 Å². The molecular formula is C4H2N2O4S. The van der Waals surface area contributed by atoms with E-state index in [-0.39, 0.29) is 10.7 Å². The van der Waals surface area contributed by atoms with Crippen LogP contribution in [-0.2, 0) is 0 Å². The van der Waals surface area contributed by atoms with Gasteiger partial charge in [0, 0.05) is 11.5 Å². The number of rotatable bonds is 2. The zero-order valence-electron chi connectivity index (χ0n) is 5.05. The minimum atomic E-state index is -1.26. The van der Waals surface area contributed by atoms with Crippen molar-refractivity contribution in [2.24, 2.45) is 0 Å². The van der Waals surface area contributed by atoms with Crippen LogP contribution in [0.1, 0.15) is 10.5 Å². The Morgan fingerprint density at radius 3 is 2.73 bits per heavy atom. The fourth-order valence-electron chi connectivity index (χ4n) is 0.452. The van der Waals surface area contributed by atoms with Gasteiger partial charge in [0.15, 0.2) is 5.69 Å². The predicted molar refractivity (Wildman–Crippen MR) is 35.7 cm³/mol. The molecule has 0 saturated heterocycles. The number of hydrogen-bond donors (Lipinski definition) is 1. The summed E-state index contributed by atoms with van der Waals surface area (Å²) in [6.07, 6.45) is 0. The molecule has 1 aromatic rings. The van der Waals surface area contributed by atoms with Gasteiger partial charge >= 0.3 is 11.0 Å². The van der Waals surface area contributed by atoms with Crippen LogP contribution in [0.15, 0.2) is 6.07 Å². The first kappa shape index (κ1) is 7.61. The van der Waals surface area contributed by atoms with Crippen LogP contribution in [0.3, 0.4) is 0 Å². The lowest BCUT2D eigenvalue weighted by molar-refractivity contribution is -0.380. The highest BCUT2D eigenvalue weighted by Crippen LogP contribution is 2.18. The number of carbonyl (C=O) groups is 1. The topological polar surface area (TPSA) is 93.3 Å². The Morgan fingerprint density at radius 1 is 1.82 bits per heavy atom. The summed E-state index contributed by atoms with van der Waals surface area (Å²) in [5.41, 5.74) is -0.290. The van der Waals surface area contributed by atoms with Gasteiger partial charge in [0.25, 0.3) is 0 Å². The van der Waals surface area contributed by atoms with Gasteiger partial charge in [0.2, 0.25) is 0 Å². The fraction of sp³-hybridized carbons (Fsp3) is 0. The highest BCUT2D eigenvalue weighted by atomic mass is 32.1. The van der Waals surface area contributed by atoms with Crippen LogP contribution in [0.5, 0.6) is 0 Å². The van der Waals surface area contributed by atoms with Crippen LogP contribution in [0.2, 0.25) is 0 Å². The Hall–Kier alpha value is -1.50. The Kier molecular flexibility index (Phi) is 1.81. The van der Waals surface area contributed by atoms with Gasteiger partial charge in [-0.2, -0.15) is 4.37 Å². The van der Waals surface area contributed by atoms with Gasteiger partial charge < -0.3 is 5.11 Å². The molecule has 0 aliphatic rings. The molecule has 0 amide bonds. The maximum Gasteiger partial charge on any atom is 0.355 e. The van der Waals surface area contributed by atoms with Gasteiger partial charge in [0.05, 0.1) is 11.0 Å². The second-order valence-corrected chi connectivity index (χ2v) is 2.40. The molecule has 1 heterocycles. The lowest BCUT2D eigenvalue weighted by atomic mass is 10.4. The summed E-state index contributed by atoms with van der Waals surface area (Å²) in [7, 11) is 0. The molecular weight excluding hydrogens is 172 g/mol. The lowest BCUT2D eigenvalue weighted by Gasteiger charge is -1.78. The Morgan fingerprint density at radius 2 is 2.45 bits per heavy atom. The zero-order valence-corrected chi connectivity index (χ0v) is 5.87. The number of nitro groups is 1. The molecule has 0 unspecified atom stereocenters. The number of hydrogen-bond acceptors (Lipinski definition) is 5. The quantitative estimate of drug-likeness (QED) is 0.527. The van der Waals surface area contributed by atoms with Crippen molar-refractivity contribution < 1.29 is 14.8 Å². The monoisotopic (exact) mass is 174 g/mol. The van der Waals surface area contributed by atoms with E-state index < -0.39 is 10.9 Å². The molecule has 11 heavy (non-hydrogen) atoms. The average molecular weight is 174 g/mol. The van der Waals surface area contributed by atoms with Gasteiger partial charge in [-0.25, -0.2) is 4.79 Å². The molecule has 7 heteroatoms. The number of carboxylic acids is 1. The highest BCUT2D eigenvalue weighted by molar-refractivity contribution is 7.09. The first-order valence-corrected chi connectivity index (χ1v) is 3.23. The van der Waals surface area contributed by atoms with Gasteiger partial charge in [-0.1, -0.05) is 0 Å². The maximum absolute atomic E-state index is 10.2. The first-order chi connectivity index (χ1) is 5.11. The fourth-order valence-corrected chi connectivity index (χ4v) is 1.01. The third-order valence-electron chi connectivity index (χ3n) is 0.897. The molecule has 0 saturated carbocycles. The average Bonchev–Trinajstić information content (AvgIpc) is 2.33. The third kappa shape index (κ3) is 1.49. The van der Waals surface area contributed by atoms with E-state index in [2.05, 4.69) is 4.37 Å². The van der Waals surface area contributed by atoms with Crippen molar-refractivity contribution >= 4 is 22.5 Å². The van der Waals surface area contributed by atoms with E-state index in [1.54, 1.807) is 0 Å².